The van der Waals surface area contributed by atoms with Gasteiger partial charge < -0.3 is 50.0 Å². The van der Waals surface area contributed by atoms with Gasteiger partial charge >= 0.3 is 0 Å². The second kappa shape index (κ2) is 8.53. The highest BCUT2D eigenvalue weighted by Crippen LogP contribution is 2.29. The quantitative estimate of drug-likeness (QED) is 0.141. The topological polar surface area (TPSA) is 218 Å². The van der Waals surface area contributed by atoms with Gasteiger partial charge in [-0.3, -0.25) is 0 Å². The lowest BCUT2D eigenvalue weighted by Gasteiger charge is -2.45. The molecule has 13 heteroatoms. The van der Waals surface area contributed by atoms with Crippen LogP contribution in [0.25, 0.3) is 10.4 Å². The average Bonchev–Trinajstić information content (AvgIpc) is 2.61. The minimum Gasteiger partial charge on any atom is -0.394 e. The lowest BCUT2D eigenvalue weighted by Crippen LogP contribution is -2.64. The van der Waals surface area contributed by atoms with Crippen molar-refractivity contribution in [1.29, 1.82) is 0 Å². The standard InChI is InChI=1S/C12H21N3O10/c13-15-14-11-8(21)7(20)10(4(2-17)23-11)25-12-9(22)6(19)5(18)3(1-16)24-12/h3-12,16-22H,1-2H2/t3-,4-,5-,6+,7-,8-,9-,10-,11+,12+/m1/s1. The molecule has 0 aromatic carbocycles. The molecule has 0 unspecified atom stereocenters. The summed E-state index contributed by atoms with van der Waals surface area (Å²) in [6.45, 7) is -1.37. The highest BCUT2D eigenvalue weighted by atomic mass is 16.7. The van der Waals surface area contributed by atoms with Crippen LogP contribution in [-0.4, -0.2) is 110 Å². The predicted molar refractivity (Wildman–Crippen MR) is 75.5 cm³/mol. The minimum atomic E-state index is -1.74. The molecular formula is C12H21N3O10. The van der Waals surface area contributed by atoms with Gasteiger partial charge in [-0.1, -0.05) is 5.11 Å². The minimum absolute atomic E-state index is 0.681. The van der Waals surface area contributed by atoms with Gasteiger partial charge in [0.2, 0.25) is 0 Å². The van der Waals surface area contributed by atoms with Crippen molar-refractivity contribution >= 4 is 0 Å². The Kier molecular flexibility index (Phi) is 6.90. The van der Waals surface area contributed by atoms with Crippen molar-refractivity contribution in [2.24, 2.45) is 5.11 Å². The summed E-state index contributed by atoms with van der Waals surface area (Å²) in [6.07, 6.45) is -15.4. The first kappa shape index (κ1) is 20.2. The van der Waals surface area contributed by atoms with Crippen LogP contribution in [0, 0.1) is 0 Å². The van der Waals surface area contributed by atoms with Crippen LogP contribution < -0.4 is 0 Å². The number of aliphatic hydroxyl groups is 7. The van der Waals surface area contributed by atoms with E-state index in [1.807, 2.05) is 0 Å². The Morgan fingerprint density at radius 1 is 0.840 bits per heavy atom. The van der Waals surface area contributed by atoms with Gasteiger partial charge in [0.1, 0.15) is 48.8 Å². The highest BCUT2D eigenvalue weighted by Gasteiger charge is 2.50. The fourth-order valence-electron chi connectivity index (χ4n) is 2.72. The molecule has 25 heavy (non-hydrogen) atoms. The second-order valence-electron chi connectivity index (χ2n) is 5.73. The zero-order valence-electron chi connectivity index (χ0n) is 12.9. The van der Waals surface area contributed by atoms with Crippen molar-refractivity contribution in [3.8, 4) is 0 Å². The molecule has 0 saturated carbocycles. The molecular weight excluding hydrogens is 346 g/mol. The Bertz CT molecular complexity index is 488. The van der Waals surface area contributed by atoms with Crippen LogP contribution in [0.5, 0.6) is 0 Å². The number of aliphatic hydroxyl groups excluding tert-OH is 7. The summed E-state index contributed by atoms with van der Waals surface area (Å²) in [5, 5.41) is 71.1. The maximum atomic E-state index is 10.1. The van der Waals surface area contributed by atoms with E-state index < -0.39 is 74.6 Å². The summed E-state index contributed by atoms with van der Waals surface area (Å²) >= 11 is 0. The van der Waals surface area contributed by atoms with E-state index in [0.717, 1.165) is 0 Å². The second-order valence-corrected chi connectivity index (χ2v) is 5.73. The lowest BCUT2D eigenvalue weighted by atomic mass is 9.96. The summed E-state index contributed by atoms with van der Waals surface area (Å²) in [5.41, 5.74) is 8.42. The van der Waals surface area contributed by atoms with Gasteiger partial charge in [-0.2, -0.15) is 0 Å². The van der Waals surface area contributed by atoms with Crippen molar-refractivity contribution in [1.82, 2.24) is 0 Å². The van der Waals surface area contributed by atoms with Gasteiger partial charge in [0.15, 0.2) is 12.5 Å². The first-order valence-electron chi connectivity index (χ1n) is 7.48. The third-order valence-corrected chi connectivity index (χ3v) is 4.14. The largest absolute Gasteiger partial charge is 0.394 e. The smallest absolute Gasteiger partial charge is 0.187 e. The lowest BCUT2D eigenvalue weighted by molar-refractivity contribution is -0.341. The molecule has 0 amide bonds. The Hall–Kier alpha value is -1.09. The average molecular weight is 367 g/mol. The SMILES string of the molecule is [N-]=[N+]=N[C@H]1O[C@H](CO)[C@@H](O[C@@H]2O[C@H](CO)[C@@H](O)[C@H](O)[C@H]2O)[C@H](O)[C@H]1O. The van der Waals surface area contributed by atoms with E-state index in [-0.39, 0.29) is 0 Å². The fraction of sp³-hybridized carbons (Fsp3) is 1.00. The number of hydrogen-bond donors (Lipinski definition) is 7. The molecule has 0 spiro atoms. The fourth-order valence-corrected chi connectivity index (χ4v) is 2.72. The van der Waals surface area contributed by atoms with E-state index in [2.05, 4.69) is 10.0 Å². The summed E-state index contributed by atoms with van der Waals surface area (Å²) in [7, 11) is 0. The number of rotatable bonds is 5. The molecule has 0 aromatic heterocycles. The third kappa shape index (κ3) is 4.02. The van der Waals surface area contributed by atoms with Crippen LogP contribution >= 0.6 is 0 Å². The molecule has 2 rings (SSSR count). The van der Waals surface area contributed by atoms with Crippen LogP contribution in [-0.2, 0) is 14.2 Å². The molecule has 2 heterocycles. The Labute approximate surface area is 141 Å². The van der Waals surface area contributed by atoms with E-state index in [1.165, 1.54) is 0 Å². The third-order valence-electron chi connectivity index (χ3n) is 4.14. The van der Waals surface area contributed by atoms with E-state index >= 15 is 0 Å². The van der Waals surface area contributed by atoms with Crippen LogP contribution in [0.4, 0.5) is 0 Å². The zero-order chi connectivity index (χ0) is 18.7. The van der Waals surface area contributed by atoms with Gasteiger partial charge in [-0.15, -0.1) is 0 Å². The van der Waals surface area contributed by atoms with Gasteiger partial charge in [0.05, 0.1) is 13.2 Å². The van der Waals surface area contributed by atoms with Crippen molar-refractivity contribution in [2.45, 2.75) is 61.3 Å². The summed E-state index contributed by atoms with van der Waals surface area (Å²) in [6, 6.07) is 0. The number of nitrogens with zero attached hydrogens (tertiary/aromatic N) is 3. The Morgan fingerprint density at radius 3 is 2.04 bits per heavy atom. The van der Waals surface area contributed by atoms with Gasteiger partial charge in [-0.05, 0) is 5.53 Å². The molecule has 0 aromatic rings. The van der Waals surface area contributed by atoms with Crippen molar-refractivity contribution in [3.63, 3.8) is 0 Å². The maximum absolute atomic E-state index is 10.1. The van der Waals surface area contributed by atoms with Gasteiger partial charge in [-0.25, -0.2) is 0 Å². The maximum Gasteiger partial charge on any atom is 0.187 e. The number of hydrogen-bond acceptors (Lipinski definition) is 11. The normalized spacial score (nSPS) is 48.0. The van der Waals surface area contributed by atoms with Crippen LogP contribution in [0.2, 0.25) is 0 Å². The summed E-state index contributed by atoms with van der Waals surface area (Å²) in [4.78, 5) is 2.46. The first-order chi connectivity index (χ1) is 11.8. The number of azide groups is 1. The molecule has 0 aliphatic carbocycles. The molecule has 2 saturated heterocycles. The monoisotopic (exact) mass is 367 g/mol. The van der Waals surface area contributed by atoms with Crippen molar-refractivity contribution in [2.75, 3.05) is 13.2 Å². The molecule has 2 aliphatic rings. The predicted octanol–water partition coefficient (Wildman–Crippen LogP) is -4.08. The molecule has 144 valence electrons. The van der Waals surface area contributed by atoms with E-state index in [9.17, 15) is 30.6 Å². The Balaban J connectivity index is 2.15. The molecule has 10 atom stereocenters. The number of ether oxygens (including phenoxy) is 3. The molecule has 2 aliphatic heterocycles. The molecule has 7 N–H and O–H groups in total. The summed E-state index contributed by atoms with van der Waals surface area (Å²) < 4.78 is 15.6. The molecule has 13 nitrogen and oxygen atoms in total. The van der Waals surface area contributed by atoms with E-state index in [0.29, 0.717) is 0 Å². The van der Waals surface area contributed by atoms with Crippen LogP contribution in [0.15, 0.2) is 5.11 Å². The first-order valence-corrected chi connectivity index (χ1v) is 7.48. The molecule has 0 bridgehead atoms. The zero-order valence-corrected chi connectivity index (χ0v) is 12.9. The van der Waals surface area contributed by atoms with Crippen molar-refractivity contribution < 1.29 is 50.0 Å². The van der Waals surface area contributed by atoms with E-state index in [4.69, 9.17) is 24.8 Å². The van der Waals surface area contributed by atoms with Gasteiger partial charge in [0, 0.05) is 4.91 Å². The van der Waals surface area contributed by atoms with Crippen molar-refractivity contribution in [3.05, 3.63) is 10.4 Å². The van der Waals surface area contributed by atoms with Crippen LogP contribution in [0.1, 0.15) is 0 Å². The Morgan fingerprint density at radius 2 is 1.48 bits per heavy atom. The molecule has 2 fully saturated rings. The van der Waals surface area contributed by atoms with Gasteiger partial charge in [0.25, 0.3) is 0 Å². The summed E-state index contributed by atoms with van der Waals surface area (Å²) in [5.74, 6) is 0. The molecule has 0 radical (unpaired) electrons. The highest BCUT2D eigenvalue weighted by molar-refractivity contribution is 4.95. The van der Waals surface area contributed by atoms with Crippen LogP contribution in [0.3, 0.4) is 0 Å². The van der Waals surface area contributed by atoms with E-state index in [1.54, 1.807) is 0 Å².